The van der Waals surface area contributed by atoms with Gasteiger partial charge in [-0.05, 0) is 30.3 Å². The molecule has 0 unspecified atom stereocenters. The van der Waals surface area contributed by atoms with E-state index >= 15 is 0 Å². The van der Waals surface area contributed by atoms with Crippen molar-refractivity contribution >= 4 is 29.2 Å². The number of aromatic nitrogens is 2. The summed E-state index contributed by atoms with van der Waals surface area (Å²) in [5, 5.41) is 3.73. The molecule has 82 valence electrons. The molecular weight excluding hydrogens is 230 g/mol. The number of hydrogen-bond acceptors (Lipinski definition) is 4. The second-order valence-electron chi connectivity index (χ2n) is 3.63. The Bertz CT molecular complexity index is 315. The van der Waals surface area contributed by atoms with Gasteiger partial charge in [0, 0.05) is 18.9 Å². The number of hydrogen-bond donors (Lipinski definition) is 1. The third-order valence-electron chi connectivity index (χ3n) is 2.55. The normalized spacial score (nSPS) is 17.7. The Balaban J connectivity index is 1.84. The van der Waals surface area contributed by atoms with Crippen LogP contribution in [-0.2, 0) is 0 Å². The SMILES string of the molecule is Clc1nccnc1NCC1CCSCC1. The fourth-order valence-corrected chi connectivity index (χ4v) is 3.01. The summed E-state index contributed by atoms with van der Waals surface area (Å²) in [5.41, 5.74) is 0. The molecule has 15 heavy (non-hydrogen) atoms. The van der Waals surface area contributed by atoms with Gasteiger partial charge in [0.05, 0.1) is 0 Å². The van der Waals surface area contributed by atoms with Crippen LogP contribution in [0.25, 0.3) is 0 Å². The molecular formula is C10H14ClN3S. The number of nitrogens with one attached hydrogen (secondary N) is 1. The largest absolute Gasteiger partial charge is 0.367 e. The molecule has 2 heterocycles. The van der Waals surface area contributed by atoms with Crippen LogP contribution in [0.15, 0.2) is 12.4 Å². The molecule has 0 atom stereocenters. The molecule has 1 aromatic rings. The third-order valence-corrected chi connectivity index (χ3v) is 3.88. The van der Waals surface area contributed by atoms with E-state index in [0.717, 1.165) is 12.5 Å². The molecule has 0 amide bonds. The van der Waals surface area contributed by atoms with Crippen LogP contribution in [-0.4, -0.2) is 28.0 Å². The Hall–Kier alpha value is -0.480. The van der Waals surface area contributed by atoms with Crippen molar-refractivity contribution in [3.8, 4) is 0 Å². The molecule has 5 heteroatoms. The van der Waals surface area contributed by atoms with Crippen LogP contribution in [0.2, 0.25) is 5.15 Å². The summed E-state index contributed by atoms with van der Waals surface area (Å²) in [4.78, 5) is 8.13. The monoisotopic (exact) mass is 243 g/mol. The topological polar surface area (TPSA) is 37.8 Å². The van der Waals surface area contributed by atoms with E-state index < -0.39 is 0 Å². The molecule has 0 radical (unpaired) electrons. The van der Waals surface area contributed by atoms with Crippen LogP contribution in [0, 0.1) is 5.92 Å². The van der Waals surface area contributed by atoms with Crippen LogP contribution in [0.4, 0.5) is 5.82 Å². The van der Waals surface area contributed by atoms with Crippen molar-refractivity contribution in [2.75, 3.05) is 23.4 Å². The van der Waals surface area contributed by atoms with Crippen molar-refractivity contribution in [3.63, 3.8) is 0 Å². The molecule has 1 aliphatic heterocycles. The van der Waals surface area contributed by atoms with E-state index in [0.29, 0.717) is 11.0 Å². The number of anilines is 1. The van der Waals surface area contributed by atoms with Crippen molar-refractivity contribution in [3.05, 3.63) is 17.5 Å². The lowest BCUT2D eigenvalue weighted by Crippen LogP contribution is -2.19. The van der Waals surface area contributed by atoms with E-state index in [2.05, 4.69) is 15.3 Å². The minimum Gasteiger partial charge on any atom is -0.367 e. The summed E-state index contributed by atoms with van der Waals surface area (Å²) in [5.74, 6) is 4.02. The highest BCUT2D eigenvalue weighted by molar-refractivity contribution is 7.99. The second-order valence-corrected chi connectivity index (χ2v) is 5.22. The van der Waals surface area contributed by atoms with E-state index in [4.69, 9.17) is 11.6 Å². The summed E-state index contributed by atoms with van der Waals surface area (Å²) in [6.45, 7) is 0.957. The van der Waals surface area contributed by atoms with E-state index in [9.17, 15) is 0 Å². The highest BCUT2D eigenvalue weighted by atomic mass is 35.5. The van der Waals surface area contributed by atoms with Gasteiger partial charge < -0.3 is 5.32 Å². The predicted molar refractivity (Wildman–Crippen MR) is 65.6 cm³/mol. The summed E-state index contributed by atoms with van der Waals surface area (Å²) in [6.07, 6.45) is 5.83. The molecule has 1 N–H and O–H groups in total. The van der Waals surface area contributed by atoms with Crippen LogP contribution in [0.1, 0.15) is 12.8 Å². The maximum atomic E-state index is 5.90. The first-order valence-corrected chi connectivity index (χ1v) is 6.67. The van der Waals surface area contributed by atoms with E-state index in [1.807, 2.05) is 11.8 Å². The van der Waals surface area contributed by atoms with Gasteiger partial charge in [-0.15, -0.1) is 0 Å². The summed E-state index contributed by atoms with van der Waals surface area (Å²) in [6, 6.07) is 0. The number of halogens is 1. The number of nitrogens with zero attached hydrogens (tertiary/aromatic N) is 2. The lowest BCUT2D eigenvalue weighted by molar-refractivity contribution is 0.515. The van der Waals surface area contributed by atoms with Gasteiger partial charge in [-0.2, -0.15) is 11.8 Å². The second kappa shape index (κ2) is 5.56. The summed E-state index contributed by atoms with van der Waals surface area (Å²) >= 11 is 7.94. The smallest absolute Gasteiger partial charge is 0.171 e. The van der Waals surface area contributed by atoms with Crippen molar-refractivity contribution in [1.29, 1.82) is 0 Å². The Morgan fingerprint density at radius 2 is 2.07 bits per heavy atom. The van der Waals surface area contributed by atoms with E-state index in [1.165, 1.54) is 24.3 Å². The minimum absolute atomic E-state index is 0.461. The first-order chi connectivity index (χ1) is 7.36. The zero-order valence-corrected chi connectivity index (χ0v) is 10.0. The van der Waals surface area contributed by atoms with Gasteiger partial charge in [-0.25, -0.2) is 9.97 Å². The van der Waals surface area contributed by atoms with E-state index in [-0.39, 0.29) is 0 Å². The first kappa shape index (κ1) is 11.0. The van der Waals surface area contributed by atoms with E-state index in [1.54, 1.807) is 12.4 Å². The molecule has 1 aliphatic rings. The average molecular weight is 244 g/mol. The number of rotatable bonds is 3. The zero-order chi connectivity index (χ0) is 10.5. The van der Waals surface area contributed by atoms with Crippen molar-refractivity contribution in [1.82, 2.24) is 9.97 Å². The molecule has 0 bridgehead atoms. The van der Waals surface area contributed by atoms with Crippen molar-refractivity contribution in [2.24, 2.45) is 5.92 Å². The molecule has 1 aromatic heterocycles. The zero-order valence-electron chi connectivity index (χ0n) is 8.45. The third kappa shape index (κ3) is 3.24. The van der Waals surface area contributed by atoms with Crippen molar-refractivity contribution < 1.29 is 0 Å². The Kier molecular flexibility index (Phi) is 4.09. The molecule has 1 fully saturated rings. The lowest BCUT2D eigenvalue weighted by Gasteiger charge is -2.21. The Labute approximate surface area is 99.0 Å². The van der Waals surface area contributed by atoms with Gasteiger partial charge in [0.2, 0.25) is 0 Å². The van der Waals surface area contributed by atoms with Crippen LogP contribution >= 0.6 is 23.4 Å². The first-order valence-electron chi connectivity index (χ1n) is 5.14. The van der Waals surface area contributed by atoms with Gasteiger partial charge in [0.15, 0.2) is 11.0 Å². The van der Waals surface area contributed by atoms with Gasteiger partial charge in [0.25, 0.3) is 0 Å². The van der Waals surface area contributed by atoms with Gasteiger partial charge in [0.1, 0.15) is 0 Å². The molecule has 0 saturated carbocycles. The van der Waals surface area contributed by atoms with Gasteiger partial charge in [-0.3, -0.25) is 0 Å². The average Bonchev–Trinajstić information content (AvgIpc) is 2.29. The minimum atomic E-state index is 0.461. The fraction of sp³-hybridized carbons (Fsp3) is 0.600. The number of thioether (sulfide) groups is 1. The van der Waals surface area contributed by atoms with Crippen LogP contribution < -0.4 is 5.32 Å². The Morgan fingerprint density at radius 3 is 2.80 bits per heavy atom. The molecule has 2 rings (SSSR count). The molecule has 0 aliphatic carbocycles. The highest BCUT2D eigenvalue weighted by Crippen LogP contribution is 2.23. The summed E-state index contributed by atoms with van der Waals surface area (Å²) < 4.78 is 0. The molecule has 3 nitrogen and oxygen atoms in total. The Morgan fingerprint density at radius 1 is 1.33 bits per heavy atom. The fourth-order valence-electron chi connectivity index (χ4n) is 1.63. The molecule has 0 aromatic carbocycles. The lowest BCUT2D eigenvalue weighted by atomic mass is 10.0. The quantitative estimate of drug-likeness (QED) is 0.886. The standard InChI is InChI=1S/C10H14ClN3S/c11-9-10(13-4-3-12-9)14-7-8-1-5-15-6-2-8/h3-4,8H,1-2,5-7H2,(H,13,14). The molecule has 1 saturated heterocycles. The highest BCUT2D eigenvalue weighted by Gasteiger charge is 2.13. The van der Waals surface area contributed by atoms with Crippen molar-refractivity contribution in [2.45, 2.75) is 12.8 Å². The predicted octanol–water partition coefficient (Wildman–Crippen LogP) is 2.69. The van der Waals surface area contributed by atoms with Gasteiger partial charge >= 0.3 is 0 Å². The summed E-state index contributed by atoms with van der Waals surface area (Å²) in [7, 11) is 0. The molecule has 0 spiro atoms. The van der Waals surface area contributed by atoms with Crippen LogP contribution in [0.5, 0.6) is 0 Å². The maximum absolute atomic E-state index is 5.90. The van der Waals surface area contributed by atoms with Gasteiger partial charge in [-0.1, -0.05) is 11.6 Å². The maximum Gasteiger partial charge on any atom is 0.171 e. The van der Waals surface area contributed by atoms with Crippen LogP contribution in [0.3, 0.4) is 0 Å².